The molecule has 30 heavy (non-hydrogen) atoms. The van der Waals surface area contributed by atoms with Crippen molar-refractivity contribution >= 4 is 29.3 Å². The van der Waals surface area contributed by atoms with Crippen LogP contribution in [-0.2, 0) is 9.59 Å². The zero-order valence-corrected chi connectivity index (χ0v) is 17.9. The Balaban J connectivity index is 1.44. The van der Waals surface area contributed by atoms with E-state index in [-0.39, 0.29) is 36.4 Å². The lowest BCUT2D eigenvalue weighted by Gasteiger charge is -2.34. The Morgan fingerprint density at radius 1 is 1.30 bits per heavy atom. The van der Waals surface area contributed by atoms with Crippen LogP contribution < -0.4 is 15.2 Å². The standard InChI is InChI=1S/C20H23N5O4S/c1-12-13(2)22-20-25(19(12)28)15(11-30-20)9-17(26)23-6-7-24(18(27)10-23)14-4-5-21-16(8-14)29-3/h4-5,8,15H,6-7,9-11H2,1-3H3. The average Bonchev–Trinajstić information content (AvgIpc) is 3.14. The SMILES string of the molecule is COc1cc(N2CCN(C(=O)CC3CSc4nc(C)c(C)c(=O)n43)CC2=O)ccn1. The molecule has 2 amide bonds. The van der Waals surface area contributed by atoms with Gasteiger partial charge >= 0.3 is 0 Å². The molecule has 2 aliphatic rings. The molecule has 10 heteroatoms. The maximum absolute atomic E-state index is 12.9. The molecule has 0 N–H and O–H groups in total. The van der Waals surface area contributed by atoms with Crippen LogP contribution in [0.25, 0.3) is 0 Å². The zero-order chi connectivity index (χ0) is 21.4. The maximum Gasteiger partial charge on any atom is 0.257 e. The molecule has 2 aromatic rings. The van der Waals surface area contributed by atoms with Crippen LogP contribution in [0.1, 0.15) is 23.7 Å². The van der Waals surface area contributed by atoms with Crippen LogP contribution in [-0.4, -0.2) is 63.7 Å². The van der Waals surface area contributed by atoms with Crippen LogP contribution in [0.5, 0.6) is 5.88 Å². The first kappa shape index (κ1) is 20.4. The summed E-state index contributed by atoms with van der Waals surface area (Å²) in [5.41, 5.74) is 1.94. The molecule has 0 aliphatic carbocycles. The van der Waals surface area contributed by atoms with E-state index in [0.29, 0.717) is 41.1 Å². The van der Waals surface area contributed by atoms with Crippen molar-refractivity contribution < 1.29 is 14.3 Å². The number of pyridine rings is 1. The summed E-state index contributed by atoms with van der Waals surface area (Å²) in [6, 6.07) is 3.20. The van der Waals surface area contributed by atoms with E-state index in [4.69, 9.17) is 4.74 Å². The topological polar surface area (TPSA) is 97.6 Å². The average molecular weight is 430 g/mol. The highest BCUT2D eigenvalue weighted by Gasteiger charge is 2.33. The van der Waals surface area contributed by atoms with Crippen LogP contribution in [0.15, 0.2) is 28.3 Å². The third-order valence-electron chi connectivity index (χ3n) is 5.54. The molecule has 9 nitrogen and oxygen atoms in total. The molecule has 1 saturated heterocycles. The summed E-state index contributed by atoms with van der Waals surface area (Å²) in [7, 11) is 1.52. The second kappa shape index (κ2) is 8.10. The fourth-order valence-electron chi connectivity index (χ4n) is 3.69. The molecule has 2 aromatic heterocycles. The highest BCUT2D eigenvalue weighted by Crippen LogP contribution is 2.33. The molecule has 0 saturated carbocycles. The third kappa shape index (κ3) is 3.67. The minimum atomic E-state index is -0.241. The van der Waals surface area contributed by atoms with E-state index >= 15 is 0 Å². The van der Waals surface area contributed by atoms with Gasteiger partial charge in [0, 0.05) is 48.8 Å². The summed E-state index contributed by atoms with van der Waals surface area (Å²) < 4.78 is 6.75. The molecule has 2 aliphatic heterocycles. The van der Waals surface area contributed by atoms with Crippen molar-refractivity contribution in [1.29, 1.82) is 0 Å². The number of amides is 2. The number of aromatic nitrogens is 3. The van der Waals surface area contributed by atoms with Gasteiger partial charge in [-0.15, -0.1) is 0 Å². The number of aryl methyl sites for hydroxylation is 1. The van der Waals surface area contributed by atoms with Crippen LogP contribution >= 0.6 is 11.8 Å². The lowest BCUT2D eigenvalue weighted by molar-refractivity contribution is -0.137. The summed E-state index contributed by atoms with van der Waals surface area (Å²) in [6.45, 7) is 4.41. The minimum absolute atomic E-state index is 0.0102. The first-order valence-corrected chi connectivity index (χ1v) is 10.7. The lowest BCUT2D eigenvalue weighted by atomic mass is 10.1. The highest BCUT2D eigenvalue weighted by molar-refractivity contribution is 7.99. The number of carbonyl (C=O) groups excluding carboxylic acids is 2. The van der Waals surface area contributed by atoms with E-state index in [0.717, 1.165) is 5.69 Å². The van der Waals surface area contributed by atoms with Crippen molar-refractivity contribution in [2.45, 2.75) is 31.5 Å². The van der Waals surface area contributed by atoms with Crippen LogP contribution in [0.3, 0.4) is 0 Å². The van der Waals surface area contributed by atoms with Crippen molar-refractivity contribution in [3.63, 3.8) is 0 Å². The second-order valence-corrected chi connectivity index (χ2v) is 8.35. The summed E-state index contributed by atoms with van der Waals surface area (Å²) in [6.07, 6.45) is 1.77. The molecule has 1 atom stereocenters. The predicted octanol–water partition coefficient (Wildman–Crippen LogP) is 1.18. The van der Waals surface area contributed by atoms with Gasteiger partial charge in [-0.25, -0.2) is 9.97 Å². The Kier molecular flexibility index (Phi) is 5.50. The number of methoxy groups -OCH3 is 1. The Morgan fingerprint density at radius 2 is 2.10 bits per heavy atom. The number of hydrogen-bond donors (Lipinski definition) is 0. The van der Waals surface area contributed by atoms with Crippen molar-refractivity contribution in [2.24, 2.45) is 0 Å². The van der Waals surface area contributed by atoms with Gasteiger partial charge in [-0.1, -0.05) is 11.8 Å². The van der Waals surface area contributed by atoms with Crippen LogP contribution in [0.4, 0.5) is 5.69 Å². The number of ether oxygens (including phenoxy) is 1. The molecule has 158 valence electrons. The molecule has 0 spiro atoms. The van der Waals surface area contributed by atoms with E-state index in [1.165, 1.54) is 18.9 Å². The van der Waals surface area contributed by atoms with Gasteiger partial charge in [-0.3, -0.25) is 19.0 Å². The summed E-state index contributed by atoms with van der Waals surface area (Å²) in [5, 5.41) is 0.661. The number of hydrogen-bond acceptors (Lipinski definition) is 7. The van der Waals surface area contributed by atoms with Gasteiger partial charge in [0.2, 0.25) is 17.7 Å². The van der Waals surface area contributed by atoms with Gasteiger partial charge in [0.05, 0.1) is 18.8 Å². The predicted molar refractivity (Wildman–Crippen MR) is 112 cm³/mol. The Hall–Kier alpha value is -2.88. The summed E-state index contributed by atoms with van der Waals surface area (Å²) in [4.78, 5) is 50.0. The number of carbonyl (C=O) groups is 2. The van der Waals surface area contributed by atoms with Gasteiger partial charge in [-0.05, 0) is 19.9 Å². The van der Waals surface area contributed by atoms with Crippen molar-refractivity contribution in [1.82, 2.24) is 19.4 Å². The minimum Gasteiger partial charge on any atom is -0.481 e. The number of piperazine rings is 1. The molecule has 1 unspecified atom stereocenters. The molecule has 4 rings (SSSR count). The number of nitrogens with zero attached hydrogens (tertiary/aromatic N) is 5. The van der Waals surface area contributed by atoms with Crippen LogP contribution in [0, 0.1) is 13.8 Å². The Bertz CT molecular complexity index is 1070. The first-order valence-electron chi connectivity index (χ1n) is 9.69. The van der Waals surface area contributed by atoms with Crippen LogP contribution in [0.2, 0.25) is 0 Å². The van der Waals surface area contributed by atoms with Gasteiger partial charge in [0.15, 0.2) is 5.16 Å². The highest BCUT2D eigenvalue weighted by atomic mass is 32.2. The zero-order valence-electron chi connectivity index (χ0n) is 17.1. The van der Waals surface area contributed by atoms with Gasteiger partial charge in [0.1, 0.15) is 6.54 Å². The van der Waals surface area contributed by atoms with E-state index in [2.05, 4.69) is 9.97 Å². The van der Waals surface area contributed by atoms with E-state index < -0.39 is 0 Å². The molecular formula is C20H23N5O4S. The molecule has 0 aromatic carbocycles. The normalized spacial score (nSPS) is 18.5. The second-order valence-electron chi connectivity index (χ2n) is 7.37. The van der Waals surface area contributed by atoms with Crippen molar-refractivity contribution in [3.8, 4) is 5.88 Å². The van der Waals surface area contributed by atoms with E-state index in [1.54, 1.807) is 39.6 Å². The van der Waals surface area contributed by atoms with Gasteiger partial charge < -0.3 is 14.5 Å². The van der Waals surface area contributed by atoms with Gasteiger partial charge in [-0.2, -0.15) is 0 Å². The van der Waals surface area contributed by atoms with E-state index in [1.807, 2.05) is 6.92 Å². The summed E-state index contributed by atoms with van der Waals surface area (Å²) >= 11 is 1.49. The number of fused-ring (bicyclic) bond motifs is 1. The molecule has 1 fully saturated rings. The fourth-order valence-corrected chi connectivity index (χ4v) is 4.87. The molecule has 0 bridgehead atoms. The molecular weight excluding hydrogens is 406 g/mol. The fraction of sp³-hybridized carbons (Fsp3) is 0.450. The number of anilines is 1. The Morgan fingerprint density at radius 3 is 2.83 bits per heavy atom. The number of rotatable bonds is 4. The largest absolute Gasteiger partial charge is 0.481 e. The third-order valence-corrected chi connectivity index (χ3v) is 6.64. The smallest absolute Gasteiger partial charge is 0.257 e. The summed E-state index contributed by atoms with van der Waals surface area (Å²) in [5.74, 6) is 0.774. The number of thioether (sulfide) groups is 1. The quantitative estimate of drug-likeness (QED) is 0.673. The van der Waals surface area contributed by atoms with Gasteiger partial charge in [0.25, 0.3) is 5.56 Å². The Labute approximate surface area is 178 Å². The molecule has 4 heterocycles. The lowest BCUT2D eigenvalue weighted by Crippen LogP contribution is -2.52. The monoisotopic (exact) mass is 429 g/mol. The molecule has 0 radical (unpaired) electrons. The first-order chi connectivity index (χ1) is 14.4. The maximum atomic E-state index is 12.9. The van der Waals surface area contributed by atoms with Crippen molar-refractivity contribution in [2.75, 3.05) is 37.4 Å². The van der Waals surface area contributed by atoms with E-state index in [9.17, 15) is 14.4 Å². The van der Waals surface area contributed by atoms with Crippen molar-refractivity contribution in [3.05, 3.63) is 39.9 Å².